The number of nitrogens with zero attached hydrogens (tertiary/aromatic N) is 2. The van der Waals surface area contributed by atoms with E-state index in [1.807, 2.05) is 35.2 Å². The largest absolute Gasteiger partial charge is 0.497 e. The first kappa shape index (κ1) is 21.5. The zero-order chi connectivity index (χ0) is 21.5. The molecule has 1 aliphatic heterocycles. The van der Waals surface area contributed by atoms with Crippen molar-refractivity contribution in [1.29, 1.82) is 0 Å². The number of hydrogen-bond acceptors (Lipinski definition) is 6. The molecular weight excluding hydrogens is 384 g/mol. The van der Waals surface area contributed by atoms with Gasteiger partial charge >= 0.3 is 0 Å². The van der Waals surface area contributed by atoms with Gasteiger partial charge < -0.3 is 19.1 Å². The molecule has 30 heavy (non-hydrogen) atoms. The maximum absolute atomic E-state index is 13.5. The van der Waals surface area contributed by atoms with Gasteiger partial charge in [-0.2, -0.15) is 0 Å². The van der Waals surface area contributed by atoms with Gasteiger partial charge in [-0.25, -0.2) is 4.90 Å². The number of rotatable bonds is 10. The van der Waals surface area contributed by atoms with E-state index in [0.29, 0.717) is 54.6 Å². The third kappa shape index (κ3) is 4.37. The minimum absolute atomic E-state index is 0.355. The van der Waals surface area contributed by atoms with Crippen LogP contribution in [0.1, 0.15) is 5.56 Å². The van der Waals surface area contributed by atoms with E-state index in [9.17, 15) is 9.59 Å². The van der Waals surface area contributed by atoms with Crippen LogP contribution in [0, 0.1) is 0 Å². The van der Waals surface area contributed by atoms with Crippen LogP contribution in [0.3, 0.4) is 0 Å². The van der Waals surface area contributed by atoms with Crippen LogP contribution in [0.25, 0.3) is 5.57 Å². The smallest absolute Gasteiger partial charge is 0.282 e. The van der Waals surface area contributed by atoms with Crippen LogP contribution in [0.15, 0.2) is 60.3 Å². The maximum atomic E-state index is 13.5. The third-order valence-corrected chi connectivity index (χ3v) is 4.90. The molecule has 0 aromatic heterocycles. The van der Waals surface area contributed by atoms with E-state index in [2.05, 4.69) is 0 Å². The lowest BCUT2D eigenvalue weighted by Crippen LogP contribution is -2.37. The minimum Gasteiger partial charge on any atom is -0.497 e. The van der Waals surface area contributed by atoms with E-state index >= 15 is 0 Å². The summed E-state index contributed by atoms with van der Waals surface area (Å²) in [7, 11) is 4.77. The molecule has 2 aromatic carbocycles. The molecule has 0 N–H and O–H groups in total. The number of carbonyl (C=O) groups excluding carboxylic acids is 2. The number of amides is 2. The first-order chi connectivity index (χ1) is 14.6. The highest BCUT2D eigenvalue weighted by molar-refractivity contribution is 6.45. The number of anilines is 1. The summed E-state index contributed by atoms with van der Waals surface area (Å²) in [5.74, 6) is -0.0708. The van der Waals surface area contributed by atoms with Crippen molar-refractivity contribution in [1.82, 2.24) is 4.90 Å². The number of methoxy groups -OCH3 is 3. The quantitative estimate of drug-likeness (QED) is 0.561. The van der Waals surface area contributed by atoms with Crippen LogP contribution in [0.4, 0.5) is 5.69 Å². The summed E-state index contributed by atoms with van der Waals surface area (Å²) >= 11 is 0. The Kier molecular flexibility index (Phi) is 7.21. The second kappa shape index (κ2) is 10.0. The number of imide groups is 1. The molecule has 0 radical (unpaired) electrons. The van der Waals surface area contributed by atoms with Crippen LogP contribution in [0.5, 0.6) is 5.75 Å². The van der Waals surface area contributed by atoms with Gasteiger partial charge in [-0.1, -0.05) is 30.3 Å². The van der Waals surface area contributed by atoms with E-state index < -0.39 is 0 Å². The predicted molar refractivity (Wildman–Crippen MR) is 114 cm³/mol. The Morgan fingerprint density at radius 1 is 0.800 bits per heavy atom. The summed E-state index contributed by atoms with van der Waals surface area (Å²) in [6.45, 7) is 1.75. The van der Waals surface area contributed by atoms with Crippen molar-refractivity contribution in [3.05, 3.63) is 65.9 Å². The van der Waals surface area contributed by atoms with E-state index in [-0.39, 0.29) is 11.8 Å². The third-order valence-electron chi connectivity index (χ3n) is 4.90. The van der Waals surface area contributed by atoms with Gasteiger partial charge in [-0.3, -0.25) is 9.59 Å². The Morgan fingerprint density at radius 3 is 1.93 bits per heavy atom. The van der Waals surface area contributed by atoms with Crippen molar-refractivity contribution in [2.24, 2.45) is 0 Å². The van der Waals surface area contributed by atoms with Gasteiger partial charge in [-0.15, -0.1) is 0 Å². The molecule has 0 atom stereocenters. The van der Waals surface area contributed by atoms with Crippen molar-refractivity contribution in [3.63, 3.8) is 0 Å². The second-order valence-corrected chi connectivity index (χ2v) is 6.71. The molecule has 0 fully saturated rings. The standard InChI is InChI=1S/C23H26N2O5/c1-28-15-13-24(14-16-29-2)21-20(17-7-5-4-6-8-17)22(26)25(23(21)27)18-9-11-19(30-3)12-10-18/h4-12H,13-16H2,1-3H3. The zero-order valence-electron chi connectivity index (χ0n) is 17.5. The fourth-order valence-corrected chi connectivity index (χ4v) is 3.38. The van der Waals surface area contributed by atoms with Crippen LogP contribution in [-0.2, 0) is 19.1 Å². The molecule has 7 nitrogen and oxygen atoms in total. The summed E-state index contributed by atoms with van der Waals surface area (Å²) in [6.07, 6.45) is 0. The lowest BCUT2D eigenvalue weighted by atomic mass is 10.0. The van der Waals surface area contributed by atoms with E-state index in [4.69, 9.17) is 14.2 Å². The molecule has 0 aliphatic carbocycles. The van der Waals surface area contributed by atoms with Gasteiger partial charge in [0.25, 0.3) is 11.8 Å². The zero-order valence-corrected chi connectivity index (χ0v) is 17.5. The molecule has 0 saturated carbocycles. The van der Waals surface area contributed by atoms with Crippen molar-refractivity contribution in [2.45, 2.75) is 0 Å². The van der Waals surface area contributed by atoms with Crippen molar-refractivity contribution in [2.75, 3.05) is 52.5 Å². The molecule has 0 saturated heterocycles. The minimum atomic E-state index is -0.365. The molecule has 0 bridgehead atoms. The molecular formula is C23H26N2O5. The van der Waals surface area contributed by atoms with Gasteiger partial charge in [0.2, 0.25) is 0 Å². The highest BCUT2D eigenvalue weighted by atomic mass is 16.5. The Bertz CT molecular complexity index is 901. The number of benzene rings is 2. The summed E-state index contributed by atoms with van der Waals surface area (Å²) < 4.78 is 15.6. The van der Waals surface area contributed by atoms with E-state index in [1.165, 1.54) is 4.90 Å². The lowest BCUT2D eigenvalue weighted by molar-refractivity contribution is -0.120. The second-order valence-electron chi connectivity index (χ2n) is 6.71. The maximum Gasteiger partial charge on any atom is 0.282 e. The fraction of sp³-hybridized carbons (Fsp3) is 0.304. The summed E-state index contributed by atoms with van der Waals surface area (Å²) in [4.78, 5) is 30.0. The Balaban J connectivity index is 2.07. The Hall–Kier alpha value is -3.16. The van der Waals surface area contributed by atoms with E-state index in [0.717, 1.165) is 0 Å². The van der Waals surface area contributed by atoms with Crippen LogP contribution < -0.4 is 9.64 Å². The van der Waals surface area contributed by atoms with Crippen molar-refractivity contribution < 1.29 is 23.8 Å². The highest BCUT2D eigenvalue weighted by Gasteiger charge is 2.42. The van der Waals surface area contributed by atoms with E-state index in [1.54, 1.807) is 45.6 Å². The fourth-order valence-electron chi connectivity index (χ4n) is 3.38. The van der Waals surface area contributed by atoms with Crippen LogP contribution in [0.2, 0.25) is 0 Å². The van der Waals surface area contributed by atoms with Gasteiger partial charge in [0.05, 0.1) is 31.6 Å². The number of carbonyl (C=O) groups is 2. The molecule has 0 spiro atoms. The highest BCUT2D eigenvalue weighted by Crippen LogP contribution is 2.35. The molecule has 158 valence electrons. The summed E-state index contributed by atoms with van der Waals surface area (Å²) in [5, 5.41) is 0. The average Bonchev–Trinajstić information content (AvgIpc) is 3.04. The van der Waals surface area contributed by atoms with Gasteiger partial charge in [-0.05, 0) is 29.8 Å². The SMILES string of the molecule is COCCN(CCOC)C1=C(c2ccccc2)C(=O)N(c2ccc(OC)cc2)C1=O. The molecule has 1 heterocycles. The average molecular weight is 410 g/mol. The topological polar surface area (TPSA) is 68.3 Å². The molecule has 7 heteroatoms. The summed E-state index contributed by atoms with van der Waals surface area (Å²) in [6, 6.07) is 16.1. The molecule has 2 aromatic rings. The van der Waals surface area contributed by atoms with Gasteiger partial charge in [0.1, 0.15) is 11.4 Å². The number of hydrogen-bond donors (Lipinski definition) is 0. The first-order valence-corrected chi connectivity index (χ1v) is 9.67. The molecule has 1 aliphatic rings. The molecule has 3 rings (SSSR count). The Morgan fingerprint density at radius 2 is 1.40 bits per heavy atom. The monoisotopic (exact) mass is 410 g/mol. The van der Waals surface area contributed by atoms with Crippen molar-refractivity contribution >= 4 is 23.1 Å². The first-order valence-electron chi connectivity index (χ1n) is 9.67. The van der Waals surface area contributed by atoms with Crippen LogP contribution in [-0.4, -0.2) is 64.3 Å². The normalized spacial score (nSPS) is 13.9. The van der Waals surface area contributed by atoms with Crippen molar-refractivity contribution in [3.8, 4) is 5.75 Å². The molecule has 0 unspecified atom stereocenters. The Labute approximate surface area is 176 Å². The number of ether oxygens (including phenoxy) is 3. The van der Waals surface area contributed by atoms with Gasteiger partial charge in [0, 0.05) is 27.3 Å². The molecule has 2 amide bonds. The predicted octanol–water partition coefficient (Wildman–Crippen LogP) is 2.57. The lowest BCUT2D eigenvalue weighted by Gasteiger charge is -2.25. The van der Waals surface area contributed by atoms with Crippen LogP contribution >= 0.6 is 0 Å². The van der Waals surface area contributed by atoms with Gasteiger partial charge in [0.15, 0.2) is 0 Å². The summed E-state index contributed by atoms with van der Waals surface area (Å²) in [5.41, 5.74) is 1.93.